The zero-order valence-corrected chi connectivity index (χ0v) is 12.4. The fraction of sp³-hybridized carbons (Fsp3) is 0.250. The Morgan fingerprint density at radius 1 is 1.33 bits per heavy atom. The highest BCUT2D eigenvalue weighted by Crippen LogP contribution is 2.19. The number of hydrogen-bond donors (Lipinski definition) is 1. The predicted molar refractivity (Wildman–Crippen MR) is 80.4 cm³/mol. The van der Waals surface area contributed by atoms with E-state index in [1.807, 2.05) is 30.5 Å². The van der Waals surface area contributed by atoms with Gasteiger partial charge in [0.2, 0.25) is 0 Å². The number of rotatable bonds is 4. The number of anilines is 1. The molecule has 0 saturated carbocycles. The standard InChI is InChI=1S/C12H14ClN3S.ClH/c1-16(8-10-6-15-12(14)17-10)7-9-4-2-3-5-11(9)13;/h2-6H,7-8H2,1H3,(H2,14,15);1H. The molecule has 0 saturated heterocycles. The Labute approximate surface area is 122 Å². The van der Waals surface area contributed by atoms with Gasteiger partial charge in [0, 0.05) is 29.2 Å². The molecule has 2 rings (SSSR count). The van der Waals surface area contributed by atoms with Crippen molar-refractivity contribution < 1.29 is 0 Å². The van der Waals surface area contributed by atoms with Gasteiger partial charge in [-0.2, -0.15) is 0 Å². The Morgan fingerprint density at radius 3 is 2.67 bits per heavy atom. The first-order chi connectivity index (χ1) is 8.15. The summed E-state index contributed by atoms with van der Waals surface area (Å²) >= 11 is 7.64. The highest BCUT2D eigenvalue weighted by molar-refractivity contribution is 7.15. The quantitative estimate of drug-likeness (QED) is 0.941. The molecule has 1 aromatic carbocycles. The summed E-state index contributed by atoms with van der Waals surface area (Å²) in [4.78, 5) is 7.39. The van der Waals surface area contributed by atoms with Gasteiger partial charge in [-0.1, -0.05) is 29.8 Å². The molecule has 0 radical (unpaired) electrons. The Bertz CT molecular complexity index is 502. The molecule has 0 amide bonds. The maximum atomic E-state index is 6.12. The molecule has 2 N–H and O–H groups in total. The number of hydrogen-bond acceptors (Lipinski definition) is 4. The highest BCUT2D eigenvalue weighted by Gasteiger charge is 2.06. The number of nitrogens with two attached hydrogens (primary N) is 1. The molecular weight excluding hydrogens is 289 g/mol. The van der Waals surface area contributed by atoms with Gasteiger partial charge < -0.3 is 5.73 Å². The van der Waals surface area contributed by atoms with Gasteiger partial charge in [0.15, 0.2) is 5.13 Å². The number of aromatic nitrogens is 1. The lowest BCUT2D eigenvalue weighted by molar-refractivity contribution is 0.322. The van der Waals surface area contributed by atoms with Crippen molar-refractivity contribution in [1.82, 2.24) is 9.88 Å². The summed E-state index contributed by atoms with van der Waals surface area (Å²) in [7, 11) is 2.05. The molecule has 1 aromatic heterocycles. The minimum Gasteiger partial charge on any atom is -0.375 e. The summed E-state index contributed by atoms with van der Waals surface area (Å²) in [5, 5.41) is 1.43. The summed E-state index contributed by atoms with van der Waals surface area (Å²) in [6.07, 6.45) is 1.82. The average molecular weight is 304 g/mol. The van der Waals surface area contributed by atoms with Crippen LogP contribution in [0.3, 0.4) is 0 Å². The molecule has 18 heavy (non-hydrogen) atoms. The van der Waals surface area contributed by atoms with Gasteiger partial charge in [0.25, 0.3) is 0 Å². The molecule has 0 atom stereocenters. The molecule has 0 aliphatic carbocycles. The summed E-state index contributed by atoms with van der Waals surface area (Å²) in [6.45, 7) is 1.65. The maximum Gasteiger partial charge on any atom is 0.180 e. The van der Waals surface area contributed by atoms with Crippen LogP contribution in [0.1, 0.15) is 10.4 Å². The summed E-state index contributed by atoms with van der Waals surface area (Å²) in [6, 6.07) is 7.89. The lowest BCUT2D eigenvalue weighted by atomic mass is 10.2. The van der Waals surface area contributed by atoms with Crippen molar-refractivity contribution in [1.29, 1.82) is 0 Å². The number of halogens is 2. The Balaban J connectivity index is 0.00000162. The summed E-state index contributed by atoms with van der Waals surface area (Å²) in [5.41, 5.74) is 6.73. The fourth-order valence-electron chi connectivity index (χ4n) is 1.64. The average Bonchev–Trinajstić information content (AvgIpc) is 2.67. The van der Waals surface area contributed by atoms with Crippen LogP contribution in [0.2, 0.25) is 5.02 Å². The Hall–Kier alpha value is -0.810. The van der Waals surface area contributed by atoms with Crippen molar-refractivity contribution in [3.8, 4) is 0 Å². The molecule has 98 valence electrons. The second-order valence-corrected chi connectivity index (χ2v) is 5.48. The maximum absolute atomic E-state index is 6.12. The topological polar surface area (TPSA) is 42.2 Å². The third-order valence-electron chi connectivity index (χ3n) is 2.40. The van der Waals surface area contributed by atoms with Crippen LogP contribution < -0.4 is 5.73 Å². The van der Waals surface area contributed by atoms with Crippen molar-refractivity contribution in [2.75, 3.05) is 12.8 Å². The first-order valence-corrected chi connectivity index (χ1v) is 6.46. The number of benzene rings is 1. The molecule has 0 bridgehead atoms. The molecular formula is C12H15Cl2N3S. The van der Waals surface area contributed by atoms with Gasteiger partial charge in [-0.15, -0.1) is 23.7 Å². The van der Waals surface area contributed by atoms with Crippen LogP contribution in [0.4, 0.5) is 5.13 Å². The monoisotopic (exact) mass is 303 g/mol. The minimum atomic E-state index is 0. The summed E-state index contributed by atoms with van der Waals surface area (Å²) < 4.78 is 0. The van der Waals surface area contributed by atoms with E-state index in [4.69, 9.17) is 17.3 Å². The van der Waals surface area contributed by atoms with Crippen molar-refractivity contribution in [3.63, 3.8) is 0 Å². The van der Waals surface area contributed by atoms with Gasteiger partial charge >= 0.3 is 0 Å². The van der Waals surface area contributed by atoms with Gasteiger partial charge in [-0.3, -0.25) is 4.90 Å². The fourth-order valence-corrected chi connectivity index (χ4v) is 2.59. The van der Waals surface area contributed by atoms with Crippen LogP contribution in [0, 0.1) is 0 Å². The van der Waals surface area contributed by atoms with Gasteiger partial charge in [-0.25, -0.2) is 4.98 Å². The van der Waals surface area contributed by atoms with E-state index in [1.165, 1.54) is 11.3 Å². The first kappa shape index (κ1) is 15.2. The third kappa shape index (κ3) is 4.14. The van der Waals surface area contributed by atoms with E-state index in [0.29, 0.717) is 5.13 Å². The van der Waals surface area contributed by atoms with Crippen LogP contribution in [0.25, 0.3) is 0 Å². The van der Waals surface area contributed by atoms with Crippen LogP contribution in [0.15, 0.2) is 30.5 Å². The van der Waals surface area contributed by atoms with Crippen LogP contribution in [-0.4, -0.2) is 16.9 Å². The van der Waals surface area contributed by atoms with E-state index in [2.05, 4.69) is 16.9 Å². The van der Waals surface area contributed by atoms with E-state index < -0.39 is 0 Å². The van der Waals surface area contributed by atoms with Crippen molar-refractivity contribution in [2.45, 2.75) is 13.1 Å². The van der Waals surface area contributed by atoms with Crippen LogP contribution in [-0.2, 0) is 13.1 Å². The second-order valence-electron chi connectivity index (χ2n) is 3.93. The van der Waals surface area contributed by atoms with E-state index in [0.717, 1.165) is 28.6 Å². The predicted octanol–water partition coefficient (Wildman–Crippen LogP) is 3.43. The van der Waals surface area contributed by atoms with Gasteiger partial charge in [0.1, 0.15) is 0 Å². The molecule has 6 heteroatoms. The smallest absolute Gasteiger partial charge is 0.180 e. The first-order valence-electron chi connectivity index (χ1n) is 5.27. The number of nitrogen functional groups attached to an aromatic ring is 1. The van der Waals surface area contributed by atoms with Gasteiger partial charge in [-0.05, 0) is 18.7 Å². The van der Waals surface area contributed by atoms with Crippen LogP contribution >= 0.6 is 35.3 Å². The van der Waals surface area contributed by atoms with E-state index in [-0.39, 0.29) is 12.4 Å². The van der Waals surface area contributed by atoms with Crippen LogP contribution in [0.5, 0.6) is 0 Å². The van der Waals surface area contributed by atoms with Crippen molar-refractivity contribution in [2.24, 2.45) is 0 Å². The molecule has 0 aliphatic rings. The Kier molecular flexibility index (Phi) is 5.88. The second kappa shape index (κ2) is 6.95. The van der Waals surface area contributed by atoms with E-state index >= 15 is 0 Å². The lowest BCUT2D eigenvalue weighted by Gasteiger charge is -2.16. The van der Waals surface area contributed by atoms with E-state index in [9.17, 15) is 0 Å². The number of nitrogens with zero attached hydrogens (tertiary/aromatic N) is 2. The molecule has 0 fully saturated rings. The lowest BCUT2D eigenvalue weighted by Crippen LogP contribution is -2.16. The van der Waals surface area contributed by atoms with Crippen molar-refractivity contribution in [3.05, 3.63) is 45.9 Å². The minimum absolute atomic E-state index is 0. The Morgan fingerprint density at radius 2 is 2.06 bits per heavy atom. The highest BCUT2D eigenvalue weighted by atomic mass is 35.5. The summed E-state index contributed by atoms with van der Waals surface area (Å²) in [5.74, 6) is 0. The zero-order valence-electron chi connectivity index (χ0n) is 9.97. The normalized spacial score (nSPS) is 10.4. The van der Waals surface area contributed by atoms with Crippen molar-refractivity contribution >= 4 is 40.5 Å². The molecule has 0 aliphatic heterocycles. The SMILES string of the molecule is CN(Cc1cnc(N)s1)Cc1ccccc1Cl.Cl. The zero-order chi connectivity index (χ0) is 12.3. The molecule has 3 nitrogen and oxygen atoms in total. The molecule has 0 spiro atoms. The van der Waals surface area contributed by atoms with Gasteiger partial charge in [0.05, 0.1) is 0 Å². The molecule has 2 aromatic rings. The molecule has 1 heterocycles. The molecule has 0 unspecified atom stereocenters. The number of thiazole rings is 1. The largest absolute Gasteiger partial charge is 0.375 e. The third-order valence-corrected chi connectivity index (χ3v) is 3.58. The van der Waals surface area contributed by atoms with E-state index in [1.54, 1.807) is 0 Å².